The molecule has 1 N–H and O–H groups in total. The van der Waals surface area contributed by atoms with E-state index in [0.29, 0.717) is 25.3 Å². The Balaban J connectivity index is 1.82. The lowest BCUT2D eigenvalue weighted by Gasteiger charge is -2.10. The number of ether oxygens (including phenoxy) is 2. The maximum atomic E-state index is 10.9. The van der Waals surface area contributed by atoms with Crippen molar-refractivity contribution < 1.29 is 19.1 Å². The average Bonchev–Trinajstić information content (AvgIpc) is 2.74. The number of amides is 1. The number of carbonyl (C=O) groups excluding carboxylic acids is 2. The fourth-order valence-electron chi connectivity index (χ4n) is 1.70. The zero-order chi connectivity index (χ0) is 13.0. The minimum atomic E-state index is -0.402. The molecule has 1 fully saturated rings. The van der Waals surface area contributed by atoms with E-state index in [0.717, 1.165) is 5.56 Å². The summed E-state index contributed by atoms with van der Waals surface area (Å²) in [6, 6.07) is 7.33. The van der Waals surface area contributed by atoms with Crippen molar-refractivity contribution in [2.45, 2.75) is 19.4 Å². The van der Waals surface area contributed by atoms with E-state index in [1.54, 1.807) is 6.92 Å². The fraction of sp³-hybridized carbons (Fsp3) is 0.385. The van der Waals surface area contributed by atoms with Gasteiger partial charge >= 0.3 is 6.09 Å². The summed E-state index contributed by atoms with van der Waals surface area (Å²) in [5.41, 5.74) is 0.962. The van der Waals surface area contributed by atoms with Crippen LogP contribution in [0, 0.1) is 0 Å². The molecule has 1 aliphatic heterocycles. The zero-order valence-electron chi connectivity index (χ0n) is 10.1. The molecular weight excluding hydrogens is 234 g/mol. The van der Waals surface area contributed by atoms with Gasteiger partial charge in [-0.1, -0.05) is 12.1 Å². The van der Waals surface area contributed by atoms with Crippen molar-refractivity contribution in [3.63, 3.8) is 0 Å². The first-order valence-electron chi connectivity index (χ1n) is 5.79. The monoisotopic (exact) mass is 249 g/mol. The van der Waals surface area contributed by atoms with Crippen LogP contribution in [0.3, 0.4) is 0 Å². The Hall–Kier alpha value is -2.04. The van der Waals surface area contributed by atoms with E-state index < -0.39 is 6.09 Å². The van der Waals surface area contributed by atoms with Gasteiger partial charge in [-0.2, -0.15) is 0 Å². The van der Waals surface area contributed by atoms with Gasteiger partial charge in [0.25, 0.3) is 0 Å². The number of ketones is 1. The van der Waals surface area contributed by atoms with Gasteiger partial charge in [0.1, 0.15) is 18.1 Å². The van der Waals surface area contributed by atoms with Crippen molar-refractivity contribution in [2.24, 2.45) is 0 Å². The molecule has 1 amide bonds. The number of cyclic esters (lactones) is 1. The molecule has 0 bridgehead atoms. The van der Waals surface area contributed by atoms with Crippen LogP contribution in [0.25, 0.3) is 0 Å². The normalized spacial score (nSPS) is 18.1. The highest BCUT2D eigenvalue weighted by molar-refractivity contribution is 5.78. The fourth-order valence-corrected chi connectivity index (χ4v) is 1.70. The van der Waals surface area contributed by atoms with E-state index in [9.17, 15) is 9.59 Å². The average molecular weight is 249 g/mol. The van der Waals surface area contributed by atoms with Gasteiger partial charge in [-0.25, -0.2) is 4.79 Å². The van der Waals surface area contributed by atoms with Crippen LogP contribution in [0.1, 0.15) is 12.5 Å². The Morgan fingerprint density at radius 2 is 2.17 bits per heavy atom. The predicted molar refractivity (Wildman–Crippen MR) is 64.6 cm³/mol. The summed E-state index contributed by atoms with van der Waals surface area (Å²) in [5.74, 6) is 0.831. The molecule has 1 aromatic rings. The first kappa shape index (κ1) is 12.4. The van der Waals surface area contributed by atoms with Crippen molar-refractivity contribution in [3.05, 3.63) is 29.8 Å². The molecule has 2 rings (SSSR count). The Bertz CT molecular complexity index is 441. The van der Waals surface area contributed by atoms with Crippen molar-refractivity contribution in [3.8, 4) is 5.75 Å². The third-order valence-corrected chi connectivity index (χ3v) is 2.56. The maximum Gasteiger partial charge on any atom is 0.407 e. The topological polar surface area (TPSA) is 64.6 Å². The highest BCUT2D eigenvalue weighted by Crippen LogP contribution is 2.14. The quantitative estimate of drug-likeness (QED) is 0.854. The van der Waals surface area contributed by atoms with Gasteiger partial charge < -0.3 is 14.8 Å². The lowest BCUT2D eigenvalue weighted by molar-refractivity contribution is -0.116. The summed E-state index contributed by atoms with van der Waals surface area (Å²) in [7, 11) is 0. The number of alkyl carbamates (subject to hydrolysis) is 1. The molecule has 0 spiro atoms. The van der Waals surface area contributed by atoms with Gasteiger partial charge in [0, 0.05) is 6.42 Å². The Labute approximate surface area is 105 Å². The van der Waals surface area contributed by atoms with Crippen LogP contribution in [0.2, 0.25) is 0 Å². The van der Waals surface area contributed by atoms with Gasteiger partial charge in [0.05, 0.1) is 6.54 Å². The molecule has 1 atom stereocenters. The van der Waals surface area contributed by atoms with E-state index in [1.165, 1.54) is 0 Å². The first-order valence-corrected chi connectivity index (χ1v) is 5.79. The highest BCUT2D eigenvalue weighted by Gasteiger charge is 2.22. The molecule has 0 saturated carbocycles. The van der Waals surface area contributed by atoms with Crippen LogP contribution in [-0.4, -0.2) is 31.1 Å². The second-order valence-electron chi connectivity index (χ2n) is 4.24. The van der Waals surface area contributed by atoms with E-state index in [2.05, 4.69) is 5.32 Å². The van der Waals surface area contributed by atoms with Crippen molar-refractivity contribution in [1.29, 1.82) is 0 Å². The third kappa shape index (κ3) is 3.48. The number of benzene rings is 1. The summed E-state index contributed by atoms with van der Waals surface area (Å²) in [5, 5.41) is 2.56. The van der Waals surface area contributed by atoms with Gasteiger partial charge in [0.15, 0.2) is 6.10 Å². The second kappa shape index (κ2) is 5.53. The molecule has 0 aliphatic carbocycles. The minimum Gasteiger partial charge on any atom is -0.490 e. The predicted octanol–water partition coefficient (Wildman–Crippen LogP) is 1.31. The van der Waals surface area contributed by atoms with E-state index in [4.69, 9.17) is 9.47 Å². The Morgan fingerprint density at radius 1 is 1.44 bits per heavy atom. The molecular formula is C13H15NO4. The van der Waals surface area contributed by atoms with Gasteiger partial charge in [-0.05, 0) is 24.6 Å². The minimum absolute atomic E-state index is 0.132. The second-order valence-corrected chi connectivity index (χ2v) is 4.24. The number of carbonyl (C=O) groups is 2. The van der Waals surface area contributed by atoms with Crippen LogP contribution in [0.4, 0.5) is 4.79 Å². The van der Waals surface area contributed by atoms with Crippen LogP contribution in [0.15, 0.2) is 24.3 Å². The van der Waals surface area contributed by atoms with E-state index >= 15 is 0 Å². The summed E-state index contributed by atoms with van der Waals surface area (Å²) in [6.07, 6.45) is -0.209. The molecule has 5 heteroatoms. The number of hydrogen-bond donors (Lipinski definition) is 1. The first-order chi connectivity index (χ1) is 8.63. The molecule has 1 heterocycles. The molecule has 1 aromatic carbocycles. The largest absolute Gasteiger partial charge is 0.490 e. The molecule has 5 nitrogen and oxygen atoms in total. The molecule has 1 aliphatic rings. The van der Waals surface area contributed by atoms with Crippen LogP contribution >= 0.6 is 0 Å². The van der Waals surface area contributed by atoms with Crippen molar-refractivity contribution in [1.82, 2.24) is 5.32 Å². The number of Topliss-reactive ketones (excluding diaryl/α,β-unsaturated/α-hetero) is 1. The van der Waals surface area contributed by atoms with Crippen molar-refractivity contribution in [2.75, 3.05) is 13.2 Å². The van der Waals surface area contributed by atoms with E-state index in [-0.39, 0.29) is 11.9 Å². The van der Waals surface area contributed by atoms with E-state index in [1.807, 2.05) is 24.3 Å². The van der Waals surface area contributed by atoms with Gasteiger partial charge in [-0.3, -0.25) is 4.79 Å². The van der Waals surface area contributed by atoms with Gasteiger partial charge in [0.2, 0.25) is 0 Å². The van der Waals surface area contributed by atoms with Gasteiger partial charge in [-0.15, -0.1) is 0 Å². The molecule has 0 radical (unpaired) electrons. The number of hydrogen-bond acceptors (Lipinski definition) is 4. The number of nitrogens with one attached hydrogen (secondary N) is 1. The molecule has 1 saturated heterocycles. The van der Waals surface area contributed by atoms with Crippen molar-refractivity contribution >= 4 is 11.9 Å². The molecule has 0 aromatic heterocycles. The summed E-state index contributed by atoms with van der Waals surface area (Å²) in [4.78, 5) is 21.7. The smallest absolute Gasteiger partial charge is 0.407 e. The standard InChI is InChI=1S/C13H15NO4/c1-9(15)6-10-2-4-11(5-3-10)17-8-12-7-14-13(16)18-12/h2-5,12H,6-8H2,1H3,(H,14,16). The van der Waals surface area contributed by atoms with Crippen LogP contribution < -0.4 is 10.1 Å². The lowest BCUT2D eigenvalue weighted by Crippen LogP contribution is -2.21. The Kier molecular flexibility index (Phi) is 3.82. The summed E-state index contributed by atoms with van der Waals surface area (Å²) < 4.78 is 10.4. The molecule has 96 valence electrons. The zero-order valence-corrected chi connectivity index (χ0v) is 10.1. The van der Waals surface area contributed by atoms with Crippen LogP contribution in [-0.2, 0) is 16.0 Å². The number of rotatable bonds is 5. The summed E-state index contributed by atoms with van der Waals surface area (Å²) >= 11 is 0. The molecule has 18 heavy (non-hydrogen) atoms. The lowest BCUT2D eigenvalue weighted by atomic mass is 10.1. The Morgan fingerprint density at radius 3 is 2.72 bits per heavy atom. The third-order valence-electron chi connectivity index (χ3n) is 2.56. The highest BCUT2D eigenvalue weighted by atomic mass is 16.6. The van der Waals surface area contributed by atoms with Crippen LogP contribution in [0.5, 0.6) is 5.75 Å². The SMILES string of the molecule is CC(=O)Cc1ccc(OCC2CNC(=O)O2)cc1. The molecule has 1 unspecified atom stereocenters. The summed E-state index contributed by atoms with van der Waals surface area (Å²) in [6.45, 7) is 2.36. The maximum absolute atomic E-state index is 10.9.